The molecule has 1 atom stereocenters. The summed E-state index contributed by atoms with van der Waals surface area (Å²) < 4.78 is 21.6. The smallest absolute Gasteiger partial charge is 0.229 e. The van der Waals surface area contributed by atoms with Crippen LogP contribution in [0.4, 0.5) is 0 Å². The topological polar surface area (TPSA) is 71.1 Å². The summed E-state index contributed by atoms with van der Waals surface area (Å²) in [6.07, 6.45) is 2.53. The van der Waals surface area contributed by atoms with E-state index in [4.69, 9.17) is 18.9 Å². The fraction of sp³-hybridized carbons (Fsp3) is 0.647. The van der Waals surface area contributed by atoms with Crippen LogP contribution in [0.3, 0.4) is 0 Å². The molecule has 7 heteroatoms. The van der Waals surface area contributed by atoms with E-state index in [1.807, 2.05) is 19.6 Å². The molecule has 0 saturated carbocycles. The van der Waals surface area contributed by atoms with Gasteiger partial charge in [0.05, 0.1) is 28.9 Å². The highest BCUT2D eigenvalue weighted by molar-refractivity contribution is 6.88. The largest absolute Gasteiger partial charge is 0.490 e. The number of hydrogen-bond acceptors (Lipinski definition) is 6. The van der Waals surface area contributed by atoms with Gasteiger partial charge in [0.2, 0.25) is 23.1 Å². The van der Waals surface area contributed by atoms with Gasteiger partial charge in [-0.05, 0) is 24.5 Å². The van der Waals surface area contributed by atoms with Gasteiger partial charge in [-0.15, -0.1) is 0 Å². The van der Waals surface area contributed by atoms with Crippen LogP contribution in [0.2, 0.25) is 19.6 Å². The molecule has 0 amide bonds. The Hall–Kier alpha value is -1.44. The van der Waals surface area contributed by atoms with Gasteiger partial charge in [-0.2, -0.15) is 0 Å². The first-order valence-corrected chi connectivity index (χ1v) is 11.7. The Morgan fingerprint density at radius 3 is 2.17 bits per heavy atom. The van der Waals surface area contributed by atoms with Crippen LogP contribution in [0.1, 0.15) is 19.3 Å². The van der Waals surface area contributed by atoms with Gasteiger partial charge in [0, 0.05) is 12.2 Å². The van der Waals surface area contributed by atoms with Crippen LogP contribution in [-0.4, -0.2) is 53.4 Å². The molecule has 24 heavy (non-hydrogen) atoms. The van der Waals surface area contributed by atoms with Crippen LogP contribution in [0, 0.1) is 0 Å². The maximum absolute atomic E-state index is 12.9. The first kappa shape index (κ1) is 18.9. The number of methoxy groups -OCH3 is 2. The Morgan fingerprint density at radius 2 is 1.67 bits per heavy atom. The quantitative estimate of drug-likeness (QED) is 0.539. The third kappa shape index (κ3) is 3.79. The molecular weight excluding hydrogens is 328 g/mol. The second kappa shape index (κ2) is 7.63. The Kier molecular flexibility index (Phi) is 6.00. The predicted octanol–water partition coefficient (Wildman–Crippen LogP) is 2.36. The lowest BCUT2D eigenvalue weighted by molar-refractivity contribution is -0.158. The van der Waals surface area contributed by atoms with Crippen LogP contribution in [0.15, 0.2) is 22.3 Å². The van der Waals surface area contributed by atoms with Crippen molar-refractivity contribution < 1.29 is 28.5 Å². The molecule has 0 radical (unpaired) electrons. The normalized spacial score (nSPS) is 23.0. The lowest BCUT2D eigenvalue weighted by Gasteiger charge is -2.30. The molecule has 0 aromatic heterocycles. The summed E-state index contributed by atoms with van der Waals surface area (Å²) in [5.41, 5.74) is 0.381. The van der Waals surface area contributed by atoms with Crippen molar-refractivity contribution >= 4 is 19.6 Å². The number of ketones is 2. The summed E-state index contributed by atoms with van der Waals surface area (Å²) in [6, 6.07) is 0. The fourth-order valence-electron chi connectivity index (χ4n) is 3.03. The van der Waals surface area contributed by atoms with Crippen molar-refractivity contribution in [2.45, 2.75) is 45.2 Å². The van der Waals surface area contributed by atoms with Crippen molar-refractivity contribution in [1.29, 1.82) is 0 Å². The SMILES string of the molecule is COC1=C(OC)C(=O)C([Si](C)(C)C)=C(COC2CCCCO2)C1=O. The van der Waals surface area contributed by atoms with Gasteiger partial charge in [0.15, 0.2) is 6.29 Å². The molecule has 0 N–H and O–H groups in total. The zero-order valence-corrected chi connectivity index (χ0v) is 16.1. The van der Waals surface area contributed by atoms with Gasteiger partial charge < -0.3 is 18.9 Å². The summed E-state index contributed by atoms with van der Waals surface area (Å²) in [6.45, 7) is 6.79. The van der Waals surface area contributed by atoms with Crippen LogP contribution in [-0.2, 0) is 28.5 Å². The molecule has 2 aliphatic rings. The maximum atomic E-state index is 12.9. The van der Waals surface area contributed by atoms with Gasteiger partial charge in [0.1, 0.15) is 0 Å². The van der Waals surface area contributed by atoms with E-state index in [9.17, 15) is 9.59 Å². The molecule has 1 heterocycles. The zero-order valence-electron chi connectivity index (χ0n) is 15.1. The van der Waals surface area contributed by atoms with Gasteiger partial charge in [-0.25, -0.2) is 0 Å². The molecule has 2 rings (SSSR count). The minimum Gasteiger partial charge on any atom is -0.490 e. The molecule has 1 fully saturated rings. The van der Waals surface area contributed by atoms with Crippen LogP contribution in [0.25, 0.3) is 0 Å². The highest BCUT2D eigenvalue weighted by Gasteiger charge is 2.42. The summed E-state index contributed by atoms with van der Waals surface area (Å²) in [5, 5.41) is 0.543. The van der Waals surface area contributed by atoms with E-state index in [1.54, 1.807) is 0 Å². The maximum Gasteiger partial charge on any atom is 0.229 e. The lowest BCUT2D eigenvalue weighted by atomic mass is 10.0. The Morgan fingerprint density at radius 1 is 1.04 bits per heavy atom. The third-order valence-corrected chi connectivity index (χ3v) is 6.16. The van der Waals surface area contributed by atoms with Gasteiger partial charge in [-0.1, -0.05) is 19.6 Å². The molecule has 0 aromatic rings. The summed E-state index contributed by atoms with van der Waals surface area (Å²) in [5.74, 6) is -0.663. The first-order valence-electron chi connectivity index (χ1n) is 8.19. The molecule has 1 aliphatic carbocycles. The van der Waals surface area contributed by atoms with Crippen molar-refractivity contribution in [3.8, 4) is 0 Å². The molecule has 6 nitrogen and oxygen atoms in total. The number of ether oxygens (including phenoxy) is 4. The number of allylic oxidation sites excluding steroid dienone is 2. The Balaban J connectivity index is 2.34. The van der Waals surface area contributed by atoms with Gasteiger partial charge in [0.25, 0.3) is 0 Å². The molecular formula is C17H26O6Si. The molecule has 0 aromatic carbocycles. The number of Topliss-reactive ketones (excluding diaryl/α,β-unsaturated/α-hetero) is 2. The van der Waals surface area contributed by atoms with Crippen LogP contribution >= 0.6 is 0 Å². The van der Waals surface area contributed by atoms with Crippen LogP contribution < -0.4 is 0 Å². The second-order valence-corrected chi connectivity index (χ2v) is 11.9. The minimum absolute atomic E-state index is 0.0161. The van der Waals surface area contributed by atoms with Crippen LogP contribution in [0.5, 0.6) is 0 Å². The van der Waals surface area contributed by atoms with E-state index in [-0.39, 0.29) is 36.0 Å². The molecule has 0 spiro atoms. The van der Waals surface area contributed by atoms with Gasteiger partial charge in [-0.3, -0.25) is 9.59 Å². The first-order chi connectivity index (χ1) is 11.3. The Labute approximate surface area is 143 Å². The van der Waals surface area contributed by atoms with Crippen molar-refractivity contribution in [3.05, 3.63) is 22.3 Å². The van der Waals surface area contributed by atoms with Crippen molar-refractivity contribution in [2.24, 2.45) is 0 Å². The van der Waals surface area contributed by atoms with E-state index < -0.39 is 8.07 Å². The molecule has 1 aliphatic heterocycles. The number of carbonyl (C=O) groups excluding carboxylic acids is 2. The molecule has 1 unspecified atom stereocenters. The van der Waals surface area contributed by atoms with Crippen molar-refractivity contribution in [1.82, 2.24) is 0 Å². The monoisotopic (exact) mass is 354 g/mol. The molecule has 0 bridgehead atoms. The summed E-state index contributed by atoms with van der Waals surface area (Å²) >= 11 is 0. The number of rotatable bonds is 6. The third-order valence-electron chi connectivity index (χ3n) is 4.13. The highest BCUT2D eigenvalue weighted by Crippen LogP contribution is 2.32. The zero-order chi connectivity index (χ0) is 17.9. The lowest BCUT2D eigenvalue weighted by Crippen LogP contribution is -2.39. The van der Waals surface area contributed by atoms with E-state index in [0.717, 1.165) is 19.3 Å². The van der Waals surface area contributed by atoms with Gasteiger partial charge >= 0.3 is 0 Å². The summed E-state index contributed by atoms with van der Waals surface area (Å²) in [4.78, 5) is 25.7. The fourth-order valence-corrected chi connectivity index (χ4v) is 4.91. The molecule has 134 valence electrons. The average molecular weight is 354 g/mol. The molecule has 1 saturated heterocycles. The van der Waals surface area contributed by atoms with E-state index in [2.05, 4.69) is 0 Å². The predicted molar refractivity (Wildman–Crippen MR) is 91.0 cm³/mol. The standard InChI is InChI=1S/C17H26O6Si/c1-20-15-13(18)11(10-23-12-8-6-7-9-22-12)17(24(3,4)5)14(19)16(15)21-2/h12H,6-10H2,1-5H3. The number of hydrogen-bond donors (Lipinski definition) is 0. The summed E-state index contributed by atoms with van der Waals surface area (Å²) in [7, 11) is 0.644. The second-order valence-electron chi connectivity index (χ2n) is 6.94. The Bertz CT molecular complexity index is 578. The average Bonchev–Trinajstić information content (AvgIpc) is 2.54. The highest BCUT2D eigenvalue weighted by atomic mass is 28.3. The number of carbonyl (C=O) groups is 2. The van der Waals surface area contributed by atoms with Crippen molar-refractivity contribution in [2.75, 3.05) is 27.4 Å². The van der Waals surface area contributed by atoms with E-state index in [0.29, 0.717) is 17.4 Å². The van der Waals surface area contributed by atoms with E-state index in [1.165, 1.54) is 14.2 Å². The van der Waals surface area contributed by atoms with E-state index >= 15 is 0 Å². The minimum atomic E-state index is -2.09. The van der Waals surface area contributed by atoms with Crippen molar-refractivity contribution in [3.63, 3.8) is 0 Å².